The van der Waals surface area contributed by atoms with Gasteiger partial charge < -0.3 is 0 Å². The molecule has 6 heavy (non-hydrogen) atoms. The molecule has 0 aromatic rings. The van der Waals surface area contributed by atoms with Crippen LogP contribution in [0.1, 0.15) is 20.3 Å². The first kappa shape index (κ1) is 5.61. The molecule has 0 bridgehead atoms. The van der Waals surface area contributed by atoms with Gasteiger partial charge in [-0.1, -0.05) is 0 Å². The molecule has 0 aliphatic heterocycles. The van der Waals surface area contributed by atoms with Crippen molar-refractivity contribution in [2.45, 2.75) is 20.3 Å². The molecule has 0 spiro atoms. The fourth-order valence-corrected chi connectivity index (χ4v) is 0.144. The zero-order valence-corrected chi connectivity index (χ0v) is 4.12. The van der Waals surface area contributed by atoms with E-state index < -0.39 is 0 Å². The van der Waals surface area contributed by atoms with Crippen LogP contribution in [0.25, 0.3) is 0 Å². The first-order chi connectivity index (χ1) is 2.77. The van der Waals surface area contributed by atoms with Crippen LogP contribution >= 0.6 is 0 Å². The molecule has 0 N–H and O–H groups in total. The van der Waals surface area contributed by atoms with E-state index in [0.29, 0.717) is 6.42 Å². The summed E-state index contributed by atoms with van der Waals surface area (Å²) in [4.78, 5) is 0. The van der Waals surface area contributed by atoms with Crippen molar-refractivity contribution >= 4 is 0 Å². The molecule has 0 radical (unpaired) electrons. The van der Waals surface area contributed by atoms with Crippen molar-refractivity contribution < 1.29 is 4.65 Å². The van der Waals surface area contributed by atoms with Crippen molar-refractivity contribution in [3.05, 3.63) is 5.92 Å². The second-order valence-electron chi connectivity index (χ2n) is 1.53. The van der Waals surface area contributed by atoms with Crippen LogP contribution in [-0.2, 0) is 4.65 Å². The van der Waals surface area contributed by atoms with Crippen LogP contribution in [0.2, 0.25) is 0 Å². The first-order valence-electron chi connectivity index (χ1n) is 1.91. The van der Waals surface area contributed by atoms with Gasteiger partial charge in [0.25, 0.3) is 0 Å². The summed E-state index contributed by atoms with van der Waals surface area (Å²) in [6.07, 6.45) is 2.27. The van der Waals surface area contributed by atoms with E-state index in [-0.39, 0.29) is 0 Å². The van der Waals surface area contributed by atoms with Crippen LogP contribution in [0.15, 0.2) is 0 Å². The van der Waals surface area contributed by atoms with Crippen LogP contribution in [0.4, 0.5) is 0 Å². The molecule has 0 aromatic carbocycles. The molecule has 0 amide bonds. The second-order valence-corrected chi connectivity index (χ2v) is 1.53. The fraction of sp³-hybridized carbons (Fsp3) is 0.600. The quantitative estimate of drug-likeness (QED) is 0.338. The van der Waals surface area contributed by atoms with E-state index in [1.807, 2.05) is 13.8 Å². The normalized spacial score (nSPS) is 6.83. The zero-order chi connectivity index (χ0) is 4.99. The third-order valence-electron chi connectivity index (χ3n) is 0.426. The maximum absolute atomic E-state index is 9.47. The molecule has 0 saturated heterocycles. The van der Waals surface area contributed by atoms with Crippen LogP contribution in [0.5, 0.6) is 0 Å². The third kappa shape index (κ3) is 3.61. The van der Waals surface area contributed by atoms with Crippen LogP contribution in [0, 0.1) is 12.1 Å². The number of hydrogen-bond donors (Lipinski definition) is 0. The van der Waals surface area contributed by atoms with Crippen molar-refractivity contribution in [3.8, 4) is 6.15 Å². The molecule has 0 saturated carbocycles. The fourth-order valence-electron chi connectivity index (χ4n) is 0.144. The summed E-state index contributed by atoms with van der Waals surface area (Å²) in [6, 6.07) is 0. The predicted molar refractivity (Wildman–Crippen MR) is 23.8 cm³/mol. The zero-order valence-electron chi connectivity index (χ0n) is 4.12. The van der Waals surface area contributed by atoms with Gasteiger partial charge in [0.05, 0.1) is 0 Å². The van der Waals surface area contributed by atoms with Crippen LogP contribution in [-0.4, -0.2) is 0 Å². The average molecular weight is 84.1 g/mol. The summed E-state index contributed by atoms with van der Waals surface area (Å²) < 4.78 is 9.47. The molecular weight excluding hydrogens is 76.1 g/mol. The van der Waals surface area contributed by atoms with Crippen molar-refractivity contribution in [1.82, 2.24) is 0 Å². The molecule has 0 rings (SSSR count). The average Bonchev–Trinajstić information content (AvgIpc) is 1.35. The molecule has 0 aliphatic carbocycles. The van der Waals surface area contributed by atoms with Gasteiger partial charge in [0.1, 0.15) is 0 Å². The molecule has 1 heteroatoms. The minimum atomic E-state index is 0.486. The van der Waals surface area contributed by atoms with Gasteiger partial charge in [-0.3, -0.25) is 0 Å². The molecule has 0 aromatic heterocycles. The van der Waals surface area contributed by atoms with E-state index >= 15 is 0 Å². The van der Waals surface area contributed by atoms with Gasteiger partial charge >= 0.3 is 37.0 Å². The molecule has 0 fully saturated rings. The Hall–Kier alpha value is -0.390. The van der Waals surface area contributed by atoms with Crippen LogP contribution in [0.3, 0.4) is 0 Å². The van der Waals surface area contributed by atoms with E-state index in [1.54, 1.807) is 6.15 Å². The van der Waals surface area contributed by atoms with E-state index in [1.165, 1.54) is 0 Å². The Morgan fingerprint density at radius 1 is 1.67 bits per heavy atom. The molecule has 0 atom stereocenters. The Bertz CT molecular complexity index is 58.8. The summed E-state index contributed by atoms with van der Waals surface area (Å²) in [5, 5.41) is 0. The molecule has 0 heterocycles. The Kier molecular flexibility index (Phi) is 2.64. The second kappa shape index (κ2) is 2.83. The van der Waals surface area contributed by atoms with Crippen molar-refractivity contribution in [2.24, 2.45) is 0 Å². The maximum atomic E-state index is 9.47. The Morgan fingerprint density at radius 2 is 2.17 bits per heavy atom. The monoisotopic (exact) mass is 84.1 g/mol. The minimum absolute atomic E-state index is 0.486. The van der Waals surface area contributed by atoms with Crippen molar-refractivity contribution in [3.63, 3.8) is 0 Å². The predicted octanol–water partition coefficient (Wildman–Crippen LogP) is 1.38. The first-order valence-corrected chi connectivity index (χ1v) is 1.91. The Morgan fingerprint density at radius 3 is 2.17 bits per heavy atom. The number of hydrogen-bond acceptors (Lipinski definition) is 0. The Balaban J connectivity index is 2.88. The molecule has 0 aliphatic rings. The van der Waals surface area contributed by atoms with Gasteiger partial charge in [-0.15, -0.1) is 0 Å². The summed E-state index contributed by atoms with van der Waals surface area (Å²) in [5.74, 6) is 1.12. The van der Waals surface area contributed by atoms with E-state index in [9.17, 15) is 4.65 Å². The standard InChI is InChI=1S/C5H8O/c1-5(2)3-4-6/h3H2,1-2H3/q+2. The molecule has 1 nitrogen and oxygen atoms in total. The van der Waals surface area contributed by atoms with Crippen molar-refractivity contribution in [2.75, 3.05) is 0 Å². The summed E-state index contributed by atoms with van der Waals surface area (Å²) in [6.45, 7) is 3.82. The molecule has 0 unspecified atom stereocenters. The van der Waals surface area contributed by atoms with Gasteiger partial charge in [0, 0.05) is 0 Å². The molecule has 32 valence electrons. The summed E-state index contributed by atoms with van der Waals surface area (Å²) in [7, 11) is 0. The Labute approximate surface area is 38.1 Å². The topological polar surface area (TPSA) is 19.9 Å². The van der Waals surface area contributed by atoms with Gasteiger partial charge in [-0.25, -0.2) is 0 Å². The van der Waals surface area contributed by atoms with Gasteiger partial charge in [0.2, 0.25) is 0 Å². The number of rotatable bonds is 1. The summed E-state index contributed by atoms with van der Waals surface area (Å²) in [5.41, 5.74) is 0. The van der Waals surface area contributed by atoms with E-state index in [2.05, 4.69) is 0 Å². The SMILES string of the molecule is C[C+](C)CC#[O+]. The van der Waals surface area contributed by atoms with Gasteiger partial charge in [0.15, 0.2) is 0 Å². The van der Waals surface area contributed by atoms with Crippen molar-refractivity contribution in [1.29, 1.82) is 0 Å². The molecular formula is C5H8O+2. The summed E-state index contributed by atoms with van der Waals surface area (Å²) >= 11 is 0. The van der Waals surface area contributed by atoms with Gasteiger partial charge in [-0.05, 0) is 0 Å². The van der Waals surface area contributed by atoms with Crippen LogP contribution < -0.4 is 0 Å². The third-order valence-corrected chi connectivity index (χ3v) is 0.426. The van der Waals surface area contributed by atoms with E-state index in [4.69, 9.17) is 0 Å². The van der Waals surface area contributed by atoms with Gasteiger partial charge in [-0.2, -0.15) is 0 Å². The van der Waals surface area contributed by atoms with E-state index in [0.717, 1.165) is 5.92 Å².